The molecule has 72 heavy (non-hydrogen) atoms. The van der Waals surface area contributed by atoms with Crippen molar-refractivity contribution < 1.29 is 28.6 Å². The first-order valence-corrected chi connectivity index (χ1v) is 32.7. The van der Waals surface area contributed by atoms with Gasteiger partial charge in [-0.25, -0.2) is 0 Å². The second-order valence-corrected chi connectivity index (χ2v) is 22.4. The lowest BCUT2D eigenvalue weighted by molar-refractivity contribution is -0.167. The predicted molar refractivity (Wildman–Crippen MR) is 312 cm³/mol. The maximum Gasteiger partial charge on any atom is 0.306 e. The molecule has 0 rings (SSSR count). The highest BCUT2D eigenvalue weighted by atomic mass is 16.6. The minimum Gasteiger partial charge on any atom is -0.462 e. The molecule has 0 aliphatic heterocycles. The van der Waals surface area contributed by atoms with Crippen molar-refractivity contribution in [3.63, 3.8) is 0 Å². The van der Waals surface area contributed by atoms with Crippen LogP contribution in [0.25, 0.3) is 0 Å². The Morgan fingerprint density at radius 2 is 0.458 bits per heavy atom. The van der Waals surface area contributed by atoms with Crippen molar-refractivity contribution in [2.24, 2.45) is 0 Å². The SMILES string of the molecule is CCCCCCCCCC/C=C\CCCCCCCCCCCCCC(=O)OCC(COC(=O)CCCCCCCCCCCC)OC(=O)CCCCCCCCCCCCCCCCCCCCCCC. The van der Waals surface area contributed by atoms with Crippen LogP contribution in [0.1, 0.15) is 374 Å². The van der Waals surface area contributed by atoms with E-state index in [2.05, 4.69) is 32.9 Å². The molecule has 0 aromatic rings. The first-order valence-electron chi connectivity index (χ1n) is 32.7. The number of esters is 3. The maximum atomic E-state index is 12.9. The molecule has 1 unspecified atom stereocenters. The van der Waals surface area contributed by atoms with E-state index in [-0.39, 0.29) is 31.1 Å². The first kappa shape index (κ1) is 70.1. The van der Waals surface area contributed by atoms with Crippen LogP contribution in [0.3, 0.4) is 0 Å². The van der Waals surface area contributed by atoms with Gasteiger partial charge in [0.15, 0.2) is 6.10 Å². The zero-order valence-corrected chi connectivity index (χ0v) is 49.0. The Bertz CT molecular complexity index is 1120. The van der Waals surface area contributed by atoms with Gasteiger partial charge in [-0.1, -0.05) is 322 Å². The number of ether oxygens (including phenoxy) is 3. The van der Waals surface area contributed by atoms with Crippen molar-refractivity contribution >= 4 is 17.9 Å². The number of unbranched alkanes of at least 4 members (excludes halogenated alkanes) is 48. The second-order valence-electron chi connectivity index (χ2n) is 22.4. The highest BCUT2D eigenvalue weighted by molar-refractivity contribution is 5.71. The monoisotopic (exact) mass is 1010 g/mol. The average molecular weight is 1020 g/mol. The van der Waals surface area contributed by atoms with E-state index in [0.717, 1.165) is 57.8 Å². The zero-order valence-electron chi connectivity index (χ0n) is 49.0. The molecule has 0 N–H and O–H groups in total. The Labute approximate surface area is 450 Å². The average Bonchev–Trinajstić information content (AvgIpc) is 3.38. The van der Waals surface area contributed by atoms with E-state index in [1.165, 1.54) is 276 Å². The lowest BCUT2D eigenvalue weighted by Gasteiger charge is -2.18. The summed E-state index contributed by atoms with van der Waals surface area (Å²) in [6.07, 6.45) is 72.3. The topological polar surface area (TPSA) is 78.9 Å². The van der Waals surface area contributed by atoms with Crippen molar-refractivity contribution in [1.29, 1.82) is 0 Å². The number of allylic oxidation sites excluding steroid dienone is 2. The Kier molecular flexibility index (Phi) is 60.1. The first-order chi connectivity index (χ1) is 35.5. The van der Waals surface area contributed by atoms with Crippen LogP contribution in [0.15, 0.2) is 12.2 Å². The van der Waals surface area contributed by atoms with Gasteiger partial charge in [0.25, 0.3) is 0 Å². The zero-order chi connectivity index (χ0) is 52.2. The van der Waals surface area contributed by atoms with Crippen molar-refractivity contribution in [3.8, 4) is 0 Å². The van der Waals surface area contributed by atoms with Gasteiger partial charge in [0.05, 0.1) is 0 Å². The summed E-state index contributed by atoms with van der Waals surface area (Å²) in [5.41, 5.74) is 0. The Morgan fingerprint density at radius 1 is 0.264 bits per heavy atom. The lowest BCUT2D eigenvalue weighted by Crippen LogP contribution is -2.30. The third-order valence-electron chi connectivity index (χ3n) is 15.0. The molecular formula is C66H126O6. The summed E-state index contributed by atoms with van der Waals surface area (Å²) in [7, 11) is 0. The normalized spacial score (nSPS) is 12.0. The molecule has 0 aliphatic rings. The fraction of sp³-hybridized carbons (Fsp3) is 0.924. The van der Waals surface area contributed by atoms with Crippen molar-refractivity contribution in [2.45, 2.75) is 380 Å². The fourth-order valence-corrected chi connectivity index (χ4v) is 10.1. The molecule has 0 fully saturated rings. The molecule has 426 valence electrons. The fourth-order valence-electron chi connectivity index (χ4n) is 10.1. The minimum atomic E-state index is -0.765. The summed E-state index contributed by atoms with van der Waals surface area (Å²) < 4.78 is 16.9. The summed E-state index contributed by atoms with van der Waals surface area (Å²) in [6.45, 7) is 6.70. The van der Waals surface area contributed by atoms with Crippen molar-refractivity contribution in [2.75, 3.05) is 13.2 Å². The van der Waals surface area contributed by atoms with Crippen LogP contribution in [0, 0.1) is 0 Å². The largest absolute Gasteiger partial charge is 0.462 e. The number of hydrogen-bond acceptors (Lipinski definition) is 6. The van der Waals surface area contributed by atoms with Gasteiger partial charge >= 0.3 is 17.9 Å². The van der Waals surface area contributed by atoms with E-state index < -0.39 is 6.10 Å². The molecule has 0 bridgehead atoms. The van der Waals surface area contributed by atoms with Crippen LogP contribution < -0.4 is 0 Å². The van der Waals surface area contributed by atoms with Gasteiger partial charge in [-0.15, -0.1) is 0 Å². The molecule has 0 saturated heterocycles. The highest BCUT2D eigenvalue weighted by Gasteiger charge is 2.19. The van der Waals surface area contributed by atoms with Crippen molar-refractivity contribution in [3.05, 3.63) is 12.2 Å². The molecule has 0 radical (unpaired) electrons. The van der Waals surface area contributed by atoms with E-state index in [4.69, 9.17) is 14.2 Å². The molecule has 0 aliphatic carbocycles. The molecule has 6 nitrogen and oxygen atoms in total. The number of carbonyl (C=O) groups is 3. The smallest absolute Gasteiger partial charge is 0.306 e. The molecule has 0 saturated carbocycles. The highest BCUT2D eigenvalue weighted by Crippen LogP contribution is 2.18. The number of rotatable bonds is 61. The lowest BCUT2D eigenvalue weighted by atomic mass is 10.0. The quantitative estimate of drug-likeness (QED) is 0.0261. The summed E-state index contributed by atoms with van der Waals surface area (Å²) in [5, 5.41) is 0. The predicted octanol–water partition coefficient (Wildman–Crippen LogP) is 22.1. The Balaban J connectivity index is 4.17. The van der Waals surface area contributed by atoms with Gasteiger partial charge in [0.1, 0.15) is 13.2 Å². The van der Waals surface area contributed by atoms with E-state index in [0.29, 0.717) is 19.3 Å². The van der Waals surface area contributed by atoms with Gasteiger partial charge < -0.3 is 14.2 Å². The van der Waals surface area contributed by atoms with Crippen LogP contribution in [0.5, 0.6) is 0 Å². The molecular weight excluding hydrogens is 889 g/mol. The second kappa shape index (κ2) is 61.7. The standard InChI is InChI=1S/C66H126O6/c1-4-7-10-13-16-19-22-24-26-28-30-32-33-35-36-38-40-42-44-47-50-53-56-59-65(68)71-62-63(61-70-64(67)58-55-52-49-46-21-18-15-12-9-6-3)72-66(69)60-57-54-51-48-45-43-41-39-37-34-31-29-27-25-23-20-17-14-11-8-5-2/h28,30,63H,4-27,29,31-62H2,1-3H3/b30-28-. The van der Waals surface area contributed by atoms with Crippen LogP contribution in [0.2, 0.25) is 0 Å². The van der Waals surface area contributed by atoms with Gasteiger partial charge in [-0.2, -0.15) is 0 Å². The third-order valence-corrected chi connectivity index (χ3v) is 15.0. The Hall–Kier alpha value is -1.85. The number of carbonyl (C=O) groups excluding carboxylic acids is 3. The van der Waals surface area contributed by atoms with Crippen LogP contribution in [0.4, 0.5) is 0 Å². The maximum absolute atomic E-state index is 12.9. The van der Waals surface area contributed by atoms with E-state index in [1.54, 1.807) is 0 Å². The van der Waals surface area contributed by atoms with E-state index in [1.807, 2.05) is 0 Å². The summed E-state index contributed by atoms with van der Waals surface area (Å²) >= 11 is 0. The minimum absolute atomic E-state index is 0.0638. The van der Waals surface area contributed by atoms with Crippen LogP contribution in [-0.4, -0.2) is 37.2 Å². The molecule has 0 amide bonds. The summed E-state index contributed by atoms with van der Waals surface area (Å²) in [5.74, 6) is -0.836. The molecule has 0 spiro atoms. The summed E-state index contributed by atoms with van der Waals surface area (Å²) in [4.78, 5) is 38.2. The van der Waals surface area contributed by atoms with Gasteiger partial charge in [0, 0.05) is 19.3 Å². The molecule has 1 atom stereocenters. The molecule has 0 heterocycles. The van der Waals surface area contributed by atoms with E-state index in [9.17, 15) is 14.4 Å². The van der Waals surface area contributed by atoms with E-state index >= 15 is 0 Å². The molecule has 0 aromatic carbocycles. The van der Waals surface area contributed by atoms with Crippen LogP contribution in [-0.2, 0) is 28.6 Å². The Morgan fingerprint density at radius 3 is 0.694 bits per heavy atom. The summed E-state index contributed by atoms with van der Waals surface area (Å²) in [6, 6.07) is 0. The van der Waals surface area contributed by atoms with Crippen molar-refractivity contribution in [1.82, 2.24) is 0 Å². The van der Waals surface area contributed by atoms with Crippen LogP contribution >= 0.6 is 0 Å². The number of hydrogen-bond donors (Lipinski definition) is 0. The van der Waals surface area contributed by atoms with Gasteiger partial charge in [-0.3, -0.25) is 14.4 Å². The van der Waals surface area contributed by atoms with Gasteiger partial charge in [0.2, 0.25) is 0 Å². The molecule has 6 heteroatoms. The van der Waals surface area contributed by atoms with Gasteiger partial charge in [-0.05, 0) is 44.9 Å². The third kappa shape index (κ3) is 59.0. The molecule has 0 aromatic heterocycles.